The SMILES string of the molecule is Cc1cc(-c2ncnn3cc(CCCCN4CCC(c5ccc(NC6CCC(=O)NC6=O)cc5)CC4)cc23)ccc1CNC(=O)c1noc(C(C)(C)C)n1. The summed E-state index contributed by atoms with van der Waals surface area (Å²) in [5.74, 6) is 0.180. The summed E-state index contributed by atoms with van der Waals surface area (Å²) < 4.78 is 7.18. The highest BCUT2D eigenvalue weighted by atomic mass is 16.5. The quantitative estimate of drug-likeness (QED) is 0.107. The summed E-state index contributed by atoms with van der Waals surface area (Å²) in [6.45, 7) is 11.5. The molecule has 54 heavy (non-hydrogen) atoms. The number of nitrogens with one attached hydrogen (secondary N) is 3. The molecule has 282 valence electrons. The molecule has 2 saturated heterocycles. The molecular weight excluding hydrogens is 683 g/mol. The van der Waals surface area contributed by atoms with E-state index in [4.69, 9.17) is 4.52 Å². The van der Waals surface area contributed by atoms with E-state index in [-0.39, 0.29) is 35.0 Å². The largest absolute Gasteiger partial charge is 0.374 e. The average Bonchev–Trinajstić information content (AvgIpc) is 3.83. The van der Waals surface area contributed by atoms with Gasteiger partial charge in [-0.2, -0.15) is 10.1 Å². The van der Waals surface area contributed by atoms with Crippen molar-refractivity contribution < 1.29 is 18.9 Å². The first-order valence-corrected chi connectivity index (χ1v) is 19.0. The minimum absolute atomic E-state index is 0.0328. The number of rotatable bonds is 12. The minimum Gasteiger partial charge on any atom is -0.374 e. The first-order chi connectivity index (χ1) is 26.0. The fraction of sp³-hybridized carbons (Fsp3) is 0.439. The summed E-state index contributed by atoms with van der Waals surface area (Å²) in [6.07, 6.45) is 10.1. The summed E-state index contributed by atoms with van der Waals surface area (Å²) in [4.78, 5) is 47.7. The molecule has 13 nitrogen and oxygen atoms in total. The second-order valence-electron chi connectivity index (χ2n) is 15.6. The van der Waals surface area contributed by atoms with Gasteiger partial charge in [0.1, 0.15) is 12.4 Å². The van der Waals surface area contributed by atoms with Crippen molar-refractivity contribution in [2.45, 2.75) is 96.6 Å². The molecule has 0 radical (unpaired) electrons. The number of carbonyl (C=O) groups excluding carboxylic acids is 3. The van der Waals surface area contributed by atoms with Crippen LogP contribution in [0.25, 0.3) is 16.8 Å². The van der Waals surface area contributed by atoms with Crippen molar-refractivity contribution in [2.24, 2.45) is 0 Å². The number of imide groups is 1. The summed E-state index contributed by atoms with van der Waals surface area (Å²) in [5.41, 5.74) is 8.05. The maximum absolute atomic E-state index is 12.7. The topological polar surface area (TPSA) is 160 Å². The van der Waals surface area contributed by atoms with Crippen molar-refractivity contribution in [3.05, 3.63) is 95.0 Å². The Hall–Kier alpha value is -5.43. The Kier molecular flexibility index (Phi) is 10.9. The third-order valence-electron chi connectivity index (χ3n) is 10.5. The zero-order valence-electron chi connectivity index (χ0n) is 31.5. The van der Waals surface area contributed by atoms with Gasteiger partial charge in [0.05, 0.1) is 11.2 Å². The molecule has 2 aromatic carbocycles. The molecule has 3 aromatic heterocycles. The van der Waals surface area contributed by atoms with Crippen LogP contribution < -0.4 is 16.0 Å². The highest BCUT2D eigenvalue weighted by Crippen LogP contribution is 2.30. The average molecular weight is 732 g/mol. The number of hydrogen-bond donors (Lipinski definition) is 3. The van der Waals surface area contributed by atoms with E-state index in [0.717, 1.165) is 85.3 Å². The molecule has 5 heterocycles. The maximum atomic E-state index is 12.7. The van der Waals surface area contributed by atoms with Crippen LogP contribution in [0.1, 0.15) is 104 Å². The standard InChI is InChI=1S/C41H49N9O4/c1-26-21-30(8-9-31(26)23-42-39(53)37-47-40(54-48-37)41(2,3)4)36-34-22-27(24-50(34)44-25-43-36)7-5-6-18-49-19-16-29(17-20-49)28-10-12-32(13-11-28)45-33-14-15-35(51)46-38(33)52/h8-13,21-22,24-25,29,33,45H,5-7,14-20,23H2,1-4H3,(H,42,53)(H,46,51,52). The molecule has 3 N–H and O–H groups in total. The normalized spacial score (nSPS) is 17.1. The number of aromatic nitrogens is 5. The van der Waals surface area contributed by atoms with Gasteiger partial charge in [-0.1, -0.05) is 50.2 Å². The van der Waals surface area contributed by atoms with E-state index in [9.17, 15) is 14.4 Å². The van der Waals surface area contributed by atoms with Crippen LogP contribution in [0.2, 0.25) is 0 Å². The fourth-order valence-corrected chi connectivity index (χ4v) is 7.30. The lowest BCUT2D eigenvalue weighted by Gasteiger charge is -2.32. The third kappa shape index (κ3) is 8.68. The number of unbranched alkanes of at least 4 members (excludes halogenated alkanes) is 1. The van der Waals surface area contributed by atoms with E-state index in [0.29, 0.717) is 31.2 Å². The van der Waals surface area contributed by atoms with Gasteiger partial charge in [0.15, 0.2) is 0 Å². The molecule has 2 aliphatic rings. The minimum atomic E-state index is -0.372. The second-order valence-corrected chi connectivity index (χ2v) is 15.6. The number of nitrogens with zero attached hydrogens (tertiary/aromatic N) is 6. The molecule has 5 aromatic rings. The smallest absolute Gasteiger partial charge is 0.292 e. The predicted molar refractivity (Wildman–Crippen MR) is 205 cm³/mol. The molecule has 0 aliphatic carbocycles. The van der Waals surface area contributed by atoms with Gasteiger partial charge in [-0.3, -0.25) is 19.7 Å². The highest BCUT2D eigenvalue weighted by molar-refractivity contribution is 6.01. The number of aryl methyl sites for hydroxylation is 2. The zero-order valence-corrected chi connectivity index (χ0v) is 31.5. The van der Waals surface area contributed by atoms with Crippen LogP contribution in [0.5, 0.6) is 0 Å². The first kappa shape index (κ1) is 36.9. The van der Waals surface area contributed by atoms with Crippen molar-refractivity contribution in [1.82, 2.24) is 40.3 Å². The van der Waals surface area contributed by atoms with Crippen LogP contribution in [0.15, 0.2) is 65.6 Å². The van der Waals surface area contributed by atoms with Gasteiger partial charge < -0.3 is 20.1 Å². The molecule has 0 saturated carbocycles. The van der Waals surface area contributed by atoms with Gasteiger partial charge in [-0.25, -0.2) is 9.50 Å². The highest BCUT2D eigenvalue weighted by Gasteiger charge is 2.27. The summed E-state index contributed by atoms with van der Waals surface area (Å²) in [6, 6.07) is 16.4. The Morgan fingerprint density at radius 1 is 1.02 bits per heavy atom. The molecular formula is C41H49N9O4. The second kappa shape index (κ2) is 15.9. The van der Waals surface area contributed by atoms with Crippen molar-refractivity contribution in [2.75, 3.05) is 25.0 Å². The monoisotopic (exact) mass is 731 g/mol. The van der Waals surface area contributed by atoms with Crippen LogP contribution in [-0.4, -0.2) is 73.0 Å². The molecule has 13 heteroatoms. The number of amides is 3. The summed E-state index contributed by atoms with van der Waals surface area (Å²) >= 11 is 0. The van der Waals surface area contributed by atoms with Crippen LogP contribution in [-0.2, 0) is 28.0 Å². The molecule has 3 amide bonds. The van der Waals surface area contributed by atoms with Gasteiger partial charge in [-0.15, -0.1) is 0 Å². The van der Waals surface area contributed by atoms with Crippen molar-refractivity contribution in [1.29, 1.82) is 0 Å². The Morgan fingerprint density at radius 2 is 1.81 bits per heavy atom. The van der Waals surface area contributed by atoms with Crippen molar-refractivity contribution in [3.63, 3.8) is 0 Å². The Labute approximate surface area is 315 Å². The number of carbonyl (C=O) groups is 3. The van der Waals surface area contributed by atoms with Crippen molar-refractivity contribution >= 4 is 28.9 Å². The number of benzene rings is 2. The first-order valence-electron chi connectivity index (χ1n) is 19.0. The lowest BCUT2D eigenvalue weighted by atomic mass is 9.89. The maximum Gasteiger partial charge on any atom is 0.292 e. The number of piperidine rings is 2. The third-order valence-corrected chi connectivity index (χ3v) is 10.5. The molecule has 7 rings (SSSR count). The number of likely N-dealkylation sites (tertiary alicyclic amines) is 1. The van der Waals surface area contributed by atoms with Crippen LogP contribution >= 0.6 is 0 Å². The Morgan fingerprint density at radius 3 is 2.54 bits per heavy atom. The lowest BCUT2D eigenvalue weighted by molar-refractivity contribution is -0.133. The molecule has 2 fully saturated rings. The van der Waals surface area contributed by atoms with E-state index in [1.54, 1.807) is 6.33 Å². The molecule has 0 bridgehead atoms. The van der Waals surface area contributed by atoms with E-state index >= 15 is 0 Å². The van der Waals surface area contributed by atoms with Gasteiger partial charge in [0.2, 0.25) is 17.7 Å². The van der Waals surface area contributed by atoms with E-state index in [1.807, 2.05) is 44.3 Å². The van der Waals surface area contributed by atoms with Crippen LogP contribution in [0, 0.1) is 6.92 Å². The van der Waals surface area contributed by atoms with Gasteiger partial charge in [0.25, 0.3) is 11.7 Å². The van der Waals surface area contributed by atoms with Gasteiger partial charge in [0, 0.05) is 35.8 Å². The Balaban J connectivity index is 0.864. The number of anilines is 1. The molecule has 2 aliphatic heterocycles. The van der Waals surface area contributed by atoms with Crippen molar-refractivity contribution in [3.8, 4) is 11.3 Å². The number of hydrogen-bond acceptors (Lipinski definition) is 10. The predicted octanol–water partition coefficient (Wildman–Crippen LogP) is 5.73. The van der Waals surface area contributed by atoms with E-state index in [1.165, 1.54) is 11.1 Å². The van der Waals surface area contributed by atoms with E-state index in [2.05, 4.69) is 83.7 Å². The molecule has 1 unspecified atom stereocenters. The lowest BCUT2D eigenvalue weighted by Crippen LogP contribution is -2.47. The molecule has 0 spiro atoms. The number of fused-ring (bicyclic) bond motifs is 1. The van der Waals surface area contributed by atoms with E-state index < -0.39 is 0 Å². The van der Waals surface area contributed by atoms with Crippen LogP contribution in [0.4, 0.5) is 5.69 Å². The van der Waals surface area contributed by atoms with Gasteiger partial charge >= 0.3 is 0 Å². The Bertz CT molecular complexity index is 2120. The summed E-state index contributed by atoms with van der Waals surface area (Å²) in [7, 11) is 0. The molecule has 1 atom stereocenters. The zero-order chi connectivity index (χ0) is 37.8. The summed E-state index contributed by atoms with van der Waals surface area (Å²) in [5, 5.41) is 16.9. The van der Waals surface area contributed by atoms with Gasteiger partial charge in [-0.05, 0) is 118 Å². The van der Waals surface area contributed by atoms with Crippen LogP contribution in [0.3, 0.4) is 0 Å². The fourth-order valence-electron chi connectivity index (χ4n) is 7.30.